The van der Waals surface area contributed by atoms with Gasteiger partial charge in [0.25, 0.3) is 0 Å². The van der Waals surface area contributed by atoms with Crippen LogP contribution >= 0.6 is 23.3 Å². The van der Waals surface area contributed by atoms with E-state index in [1.165, 1.54) is 11.5 Å². The van der Waals surface area contributed by atoms with E-state index < -0.39 is 0 Å². The molecule has 0 aromatic carbocycles. The molecule has 102 valence electrons. The molecule has 0 saturated carbocycles. The molecule has 1 aromatic heterocycles. The highest BCUT2D eigenvalue weighted by atomic mass is 32.2. The summed E-state index contributed by atoms with van der Waals surface area (Å²) in [7, 11) is 0. The average Bonchev–Trinajstić information content (AvgIpc) is 2.70. The molecule has 18 heavy (non-hydrogen) atoms. The quantitative estimate of drug-likeness (QED) is 0.781. The Morgan fingerprint density at radius 2 is 2.33 bits per heavy atom. The zero-order chi connectivity index (χ0) is 13.5. The van der Waals surface area contributed by atoms with Crippen molar-refractivity contribution in [3.63, 3.8) is 0 Å². The van der Waals surface area contributed by atoms with Crippen LogP contribution in [0.5, 0.6) is 0 Å². The van der Waals surface area contributed by atoms with Gasteiger partial charge in [-0.3, -0.25) is 0 Å². The van der Waals surface area contributed by atoms with E-state index in [2.05, 4.69) is 22.9 Å². The van der Waals surface area contributed by atoms with E-state index in [1.54, 1.807) is 6.92 Å². The summed E-state index contributed by atoms with van der Waals surface area (Å²) in [5, 5.41) is 4.71. The van der Waals surface area contributed by atoms with Crippen LogP contribution in [0.15, 0.2) is 0 Å². The van der Waals surface area contributed by atoms with Crippen molar-refractivity contribution in [1.29, 1.82) is 0 Å². The molecule has 0 fully saturated rings. The van der Waals surface area contributed by atoms with Gasteiger partial charge in [0.1, 0.15) is 10.6 Å². The first kappa shape index (κ1) is 15.3. The minimum atomic E-state index is -0.288. The van der Waals surface area contributed by atoms with Crippen LogP contribution in [-0.4, -0.2) is 35.0 Å². The van der Waals surface area contributed by atoms with Crippen LogP contribution < -0.4 is 5.32 Å². The van der Waals surface area contributed by atoms with Gasteiger partial charge in [0, 0.05) is 11.8 Å². The first-order valence-corrected chi connectivity index (χ1v) is 8.06. The second kappa shape index (κ2) is 7.63. The van der Waals surface area contributed by atoms with Gasteiger partial charge in [0.05, 0.1) is 12.3 Å². The number of ether oxygens (including phenoxy) is 1. The molecule has 0 amide bonds. The molecular weight excluding hydrogens is 268 g/mol. The van der Waals surface area contributed by atoms with Crippen LogP contribution in [0.2, 0.25) is 0 Å². The van der Waals surface area contributed by atoms with Crippen molar-refractivity contribution >= 4 is 34.3 Å². The van der Waals surface area contributed by atoms with Gasteiger partial charge < -0.3 is 10.1 Å². The summed E-state index contributed by atoms with van der Waals surface area (Å²) in [5.41, 5.74) is 1.32. The smallest absolute Gasteiger partial charge is 0.343 e. The number of nitrogens with zero attached hydrogens (tertiary/aromatic N) is 1. The average molecular weight is 288 g/mol. The lowest BCUT2D eigenvalue weighted by molar-refractivity contribution is 0.0527. The lowest BCUT2D eigenvalue weighted by Crippen LogP contribution is -2.11. The molecule has 4 nitrogen and oxygen atoms in total. The van der Waals surface area contributed by atoms with Crippen LogP contribution in [0, 0.1) is 6.92 Å². The molecule has 1 unspecified atom stereocenters. The predicted molar refractivity (Wildman–Crippen MR) is 78.9 cm³/mol. The first-order chi connectivity index (χ1) is 8.60. The summed E-state index contributed by atoms with van der Waals surface area (Å²) < 4.78 is 9.25. The summed E-state index contributed by atoms with van der Waals surface area (Å²) in [6.07, 6.45) is 3.16. The van der Waals surface area contributed by atoms with Gasteiger partial charge in [-0.2, -0.15) is 16.1 Å². The van der Waals surface area contributed by atoms with E-state index in [0.717, 1.165) is 23.7 Å². The fraction of sp³-hybridized carbons (Fsp3) is 0.667. The Balaban J connectivity index is 2.63. The van der Waals surface area contributed by atoms with Crippen molar-refractivity contribution in [3.05, 3.63) is 11.3 Å². The minimum absolute atomic E-state index is 0.288. The normalized spacial score (nSPS) is 12.2. The van der Waals surface area contributed by atoms with Crippen molar-refractivity contribution in [2.45, 2.75) is 32.4 Å². The molecule has 0 aliphatic carbocycles. The van der Waals surface area contributed by atoms with Crippen LogP contribution in [0.4, 0.5) is 5.00 Å². The molecule has 0 saturated heterocycles. The van der Waals surface area contributed by atoms with Crippen molar-refractivity contribution in [2.75, 3.05) is 24.7 Å². The predicted octanol–water partition coefficient (Wildman–Crippen LogP) is 3.18. The summed E-state index contributed by atoms with van der Waals surface area (Å²) in [5.74, 6) is -0.288. The Labute approximate surface area is 117 Å². The lowest BCUT2D eigenvalue weighted by Gasteiger charge is -2.10. The number of esters is 1. The zero-order valence-electron chi connectivity index (χ0n) is 11.3. The van der Waals surface area contributed by atoms with E-state index >= 15 is 0 Å². The second-order valence-corrected chi connectivity index (χ2v) is 6.00. The maximum absolute atomic E-state index is 11.8. The molecule has 6 heteroatoms. The van der Waals surface area contributed by atoms with Gasteiger partial charge in [0.2, 0.25) is 0 Å². The maximum atomic E-state index is 11.8. The number of hydrogen-bond donors (Lipinski definition) is 1. The number of nitrogens with one attached hydrogen (secondary N) is 1. The highest BCUT2D eigenvalue weighted by Gasteiger charge is 2.19. The molecule has 0 radical (unpaired) electrons. The van der Waals surface area contributed by atoms with Gasteiger partial charge in [-0.1, -0.05) is 6.92 Å². The largest absolute Gasteiger partial charge is 0.462 e. The van der Waals surface area contributed by atoms with E-state index in [4.69, 9.17) is 4.74 Å². The van der Waals surface area contributed by atoms with E-state index in [0.29, 0.717) is 17.4 Å². The Kier molecular flexibility index (Phi) is 6.49. The Morgan fingerprint density at radius 1 is 1.61 bits per heavy atom. The highest BCUT2D eigenvalue weighted by Crippen LogP contribution is 2.25. The molecule has 0 bridgehead atoms. The molecule has 1 aromatic rings. The summed E-state index contributed by atoms with van der Waals surface area (Å²) in [4.78, 5) is 11.8. The standard InChI is InChI=1S/C12H20N2O2S2/c1-5-16-12(15)10-9(3)14-18-11(10)13-7-6-8(2)17-4/h8,13H,5-7H2,1-4H3. The molecule has 0 aliphatic heterocycles. The number of rotatable bonds is 7. The third kappa shape index (κ3) is 4.17. The van der Waals surface area contributed by atoms with Crippen molar-refractivity contribution in [2.24, 2.45) is 0 Å². The summed E-state index contributed by atoms with van der Waals surface area (Å²) in [6, 6.07) is 0. The topological polar surface area (TPSA) is 51.2 Å². The van der Waals surface area contributed by atoms with Crippen LogP contribution in [0.25, 0.3) is 0 Å². The number of carbonyl (C=O) groups excluding carboxylic acids is 1. The van der Waals surface area contributed by atoms with Gasteiger partial charge >= 0.3 is 5.97 Å². The van der Waals surface area contributed by atoms with Crippen molar-refractivity contribution < 1.29 is 9.53 Å². The van der Waals surface area contributed by atoms with Gasteiger partial charge in [-0.05, 0) is 38.1 Å². The fourth-order valence-electron chi connectivity index (χ4n) is 1.44. The monoisotopic (exact) mass is 288 g/mol. The van der Waals surface area contributed by atoms with E-state index in [9.17, 15) is 4.79 Å². The zero-order valence-corrected chi connectivity index (χ0v) is 12.9. The Hall–Kier alpha value is -0.750. The second-order valence-electron chi connectivity index (χ2n) is 3.95. The Bertz CT molecular complexity index is 393. The third-order valence-electron chi connectivity index (χ3n) is 2.58. The van der Waals surface area contributed by atoms with E-state index in [-0.39, 0.29) is 5.97 Å². The lowest BCUT2D eigenvalue weighted by atomic mass is 10.2. The van der Waals surface area contributed by atoms with Gasteiger partial charge in [-0.25, -0.2) is 4.79 Å². The van der Waals surface area contributed by atoms with Gasteiger partial charge in [-0.15, -0.1) is 0 Å². The van der Waals surface area contributed by atoms with Crippen LogP contribution in [-0.2, 0) is 4.74 Å². The number of anilines is 1. The van der Waals surface area contributed by atoms with Crippen LogP contribution in [0.1, 0.15) is 36.3 Å². The van der Waals surface area contributed by atoms with Crippen molar-refractivity contribution in [1.82, 2.24) is 4.37 Å². The molecule has 1 atom stereocenters. The minimum Gasteiger partial charge on any atom is -0.462 e. The third-order valence-corrected chi connectivity index (χ3v) is 4.52. The number of carbonyl (C=O) groups is 1. The van der Waals surface area contributed by atoms with Crippen molar-refractivity contribution in [3.8, 4) is 0 Å². The van der Waals surface area contributed by atoms with E-state index in [1.807, 2.05) is 18.7 Å². The summed E-state index contributed by atoms with van der Waals surface area (Å²) >= 11 is 3.16. The van der Waals surface area contributed by atoms with Gasteiger partial charge in [0.15, 0.2) is 0 Å². The molecular formula is C12H20N2O2S2. The number of hydrogen-bond acceptors (Lipinski definition) is 6. The van der Waals surface area contributed by atoms with Crippen LogP contribution in [0.3, 0.4) is 0 Å². The molecule has 1 heterocycles. The molecule has 1 N–H and O–H groups in total. The Morgan fingerprint density at radius 3 is 2.94 bits per heavy atom. The summed E-state index contributed by atoms with van der Waals surface area (Å²) in [6.45, 7) is 7.06. The molecule has 1 rings (SSSR count). The number of aryl methyl sites for hydroxylation is 1. The number of aromatic nitrogens is 1. The maximum Gasteiger partial charge on any atom is 0.343 e. The SMILES string of the molecule is CCOC(=O)c1c(C)nsc1NCCC(C)SC. The fourth-order valence-corrected chi connectivity index (χ4v) is 2.60. The first-order valence-electron chi connectivity index (χ1n) is 6.00. The highest BCUT2D eigenvalue weighted by molar-refractivity contribution is 7.99. The number of thioether (sulfide) groups is 1. The molecule has 0 spiro atoms. The molecule has 0 aliphatic rings.